The van der Waals surface area contributed by atoms with Gasteiger partial charge in [-0.15, -0.1) is 0 Å². The Kier molecular flexibility index (Phi) is 5.66. The molecular formula is C24H22N4O3. The summed E-state index contributed by atoms with van der Waals surface area (Å²) in [6.45, 7) is 4.04. The molecule has 0 unspecified atom stereocenters. The minimum absolute atomic E-state index is 0.139. The summed E-state index contributed by atoms with van der Waals surface area (Å²) >= 11 is 0. The van der Waals surface area contributed by atoms with Crippen LogP contribution in [0.5, 0.6) is 5.75 Å². The minimum Gasteiger partial charge on any atom is -0.487 e. The van der Waals surface area contributed by atoms with E-state index in [2.05, 4.69) is 15.6 Å². The predicted octanol–water partition coefficient (Wildman–Crippen LogP) is 4.53. The third-order valence-corrected chi connectivity index (χ3v) is 4.76. The summed E-state index contributed by atoms with van der Waals surface area (Å²) in [4.78, 5) is 29.0. The SMILES string of the molecule is Cc1ccc(NC(=O)Nc2ccc(C)c(OCc3cc(=O)n4ccccc4n3)c2)cc1. The molecule has 0 aliphatic rings. The molecular weight excluding hydrogens is 392 g/mol. The van der Waals surface area contributed by atoms with Crippen molar-refractivity contribution in [1.82, 2.24) is 9.38 Å². The number of benzene rings is 2. The summed E-state index contributed by atoms with van der Waals surface area (Å²) in [6.07, 6.45) is 1.68. The average molecular weight is 414 g/mol. The number of carbonyl (C=O) groups excluding carboxylic acids is 1. The molecule has 0 spiro atoms. The molecule has 0 saturated carbocycles. The molecule has 0 fully saturated rings. The van der Waals surface area contributed by atoms with Crippen molar-refractivity contribution in [3.8, 4) is 5.75 Å². The van der Waals surface area contributed by atoms with E-state index in [1.165, 1.54) is 10.5 Å². The normalized spacial score (nSPS) is 10.6. The van der Waals surface area contributed by atoms with Gasteiger partial charge >= 0.3 is 6.03 Å². The second-order valence-corrected chi connectivity index (χ2v) is 7.23. The second kappa shape index (κ2) is 8.71. The van der Waals surface area contributed by atoms with Gasteiger partial charge in [0.05, 0.1) is 5.69 Å². The Morgan fingerprint density at radius 1 is 0.968 bits per heavy atom. The highest BCUT2D eigenvalue weighted by atomic mass is 16.5. The van der Waals surface area contributed by atoms with Gasteiger partial charge in [0.15, 0.2) is 0 Å². The van der Waals surface area contributed by atoms with Gasteiger partial charge in [0.2, 0.25) is 0 Å². The summed E-state index contributed by atoms with van der Waals surface area (Å²) in [5, 5.41) is 5.60. The predicted molar refractivity (Wildman–Crippen MR) is 121 cm³/mol. The molecule has 2 aromatic heterocycles. The summed E-state index contributed by atoms with van der Waals surface area (Å²) in [5.74, 6) is 0.600. The number of pyridine rings is 1. The molecule has 4 aromatic rings. The number of aromatic nitrogens is 2. The van der Waals surface area contributed by atoms with Crippen LogP contribution in [-0.2, 0) is 6.61 Å². The molecule has 4 rings (SSSR count). The lowest BCUT2D eigenvalue weighted by atomic mass is 10.2. The average Bonchev–Trinajstić information content (AvgIpc) is 2.76. The molecule has 2 heterocycles. The first kappa shape index (κ1) is 20.2. The number of carbonyl (C=O) groups is 1. The lowest BCUT2D eigenvalue weighted by Crippen LogP contribution is -2.19. The number of nitrogens with zero attached hydrogens (tertiary/aromatic N) is 2. The van der Waals surface area contributed by atoms with Crippen LogP contribution in [0.1, 0.15) is 16.8 Å². The molecule has 2 amide bonds. The van der Waals surface area contributed by atoms with E-state index in [1.807, 2.05) is 50.2 Å². The van der Waals surface area contributed by atoms with Crippen molar-refractivity contribution >= 4 is 23.1 Å². The van der Waals surface area contributed by atoms with Gasteiger partial charge in [0.1, 0.15) is 18.0 Å². The minimum atomic E-state index is -0.345. The number of fused-ring (bicyclic) bond motifs is 1. The number of aryl methyl sites for hydroxylation is 2. The highest BCUT2D eigenvalue weighted by Gasteiger charge is 2.08. The second-order valence-electron chi connectivity index (χ2n) is 7.23. The summed E-state index contributed by atoms with van der Waals surface area (Å²) in [5.41, 5.74) is 4.26. The number of anilines is 2. The van der Waals surface area contributed by atoms with Gasteiger partial charge in [-0.1, -0.05) is 29.8 Å². The van der Waals surface area contributed by atoms with E-state index < -0.39 is 0 Å². The van der Waals surface area contributed by atoms with Crippen molar-refractivity contribution in [2.75, 3.05) is 10.6 Å². The Labute approximate surface area is 179 Å². The third kappa shape index (κ3) is 4.90. The Morgan fingerprint density at radius 2 is 1.71 bits per heavy atom. The van der Waals surface area contributed by atoms with Gasteiger partial charge in [-0.2, -0.15) is 0 Å². The van der Waals surface area contributed by atoms with Crippen molar-refractivity contribution in [1.29, 1.82) is 0 Å². The Bertz CT molecular complexity index is 1300. The molecule has 31 heavy (non-hydrogen) atoms. The van der Waals surface area contributed by atoms with E-state index in [4.69, 9.17) is 4.74 Å². The molecule has 0 saturated heterocycles. The molecule has 0 aliphatic heterocycles. The first-order valence-corrected chi connectivity index (χ1v) is 9.83. The van der Waals surface area contributed by atoms with E-state index in [0.29, 0.717) is 28.5 Å². The van der Waals surface area contributed by atoms with Gasteiger partial charge in [0.25, 0.3) is 5.56 Å². The monoisotopic (exact) mass is 414 g/mol. The van der Waals surface area contributed by atoms with Crippen molar-refractivity contribution in [3.05, 3.63) is 100 Å². The summed E-state index contributed by atoms with van der Waals surface area (Å²) in [7, 11) is 0. The zero-order valence-electron chi connectivity index (χ0n) is 17.3. The van der Waals surface area contributed by atoms with Crippen LogP contribution in [0.4, 0.5) is 16.2 Å². The maximum absolute atomic E-state index is 12.3. The number of urea groups is 1. The van der Waals surface area contributed by atoms with Gasteiger partial charge < -0.3 is 15.4 Å². The lowest BCUT2D eigenvalue weighted by Gasteiger charge is -2.12. The third-order valence-electron chi connectivity index (χ3n) is 4.76. The number of amides is 2. The van der Waals surface area contributed by atoms with Gasteiger partial charge in [-0.3, -0.25) is 9.20 Å². The first-order chi connectivity index (χ1) is 15.0. The molecule has 7 nitrogen and oxygen atoms in total. The lowest BCUT2D eigenvalue weighted by molar-refractivity contribution is 0.262. The Morgan fingerprint density at radius 3 is 2.52 bits per heavy atom. The van der Waals surface area contributed by atoms with E-state index in [9.17, 15) is 9.59 Å². The van der Waals surface area contributed by atoms with Crippen LogP contribution in [0, 0.1) is 13.8 Å². The molecule has 0 bridgehead atoms. The van der Waals surface area contributed by atoms with Crippen LogP contribution in [0.25, 0.3) is 5.65 Å². The van der Waals surface area contributed by atoms with Crippen LogP contribution in [0.3, 0.4) is 0 Å². The number of hydrogen-bond acceptors (Lipinski definition) is 4. The van der Waals surface area contributed by atoms with E-state index in [1.54, 1.807) is 30.5 Å². The standard InChI is InChI=1S/C24H22N4O3/c1-16-6-9-18(10-7-16)26-24(30)27-19-11-8-17(2)21(13-19)31-15-20-14-23(29)28-12-4-3-5-22(28)25-20/h3-14H,15H2,1-2H3,(H2,26,27,30). The van der Waals surface area contributed by atoms with Crippen molar-refractivity contribution < 1.29 is 9.53 Å². The van der Waals surface area contributed by atoms with Crippen LogP contribution in [-0.4, -0.2) is 15.4 Å². The number of rotatable bonds is 5. The molecule has 0 radical (unpaired) electrons. The molecule has 0 aliphatic carbocycles. The van der Waals surface area contributed by atoms with Crippen LogP contribution >= 0.6 is 0 Å². The molecule has 0 atom stereocenters. The zero-order chi connectivity index (χ0) is 21.8. The Hall–Kier alpha value is -4.13. The fourth-order valence-electron chi connectivity index (χ4n) is 3.09. The molecule has 2 N–H and O–H groups in total. The number of ether oxygens (including phenoxy) is 1. The van der Waals surface area contributed by atoms with Crippen LogP contribution < -0.4 is 20.9 Å². The quantitative estimate of drug-likeness (QED) is 0.502. The Balaban J connectivity index is 1.45. The zero-order valence-corrected chi connectivity index (χ0v) is 17.3. The molecule has 2 aromatic carbocycles. The highest BCUT2D eigenvalue weighted by Crippen LogP contribution is 2.24. The fourth-order valence-corrected chi connectivity index (χ4v) is 3.09. The van der Waals surface area contributed by atoms with Gasteiger partial charge in [0, 0.05) is 29.7 Å². The summed E-state index contributed by atoms with van der Waals surface area (Å²) in [6, 6.07) is 19.5. The number of nitrogens with one attached hydrogen (secondary N) is 2. The van der Waals surface area contributed by atoms with Crippen LogP contribution in [0.15, 0.2) is 77.7 Å². The maximum atomic E-state index is 12.3. The largest absolute Gasteiger partial charge is 0.487 e. The van der Waals surface area contributed by atoms with E-state index in [-0.39, 0.29) is 18.2 Å². The van der Waals surface area contributed by atoms with E-state index in [0.717, 1.165) is 11.1 Å². The maximum Gasteiger partial charge on any atom is 0.323 e. The van der Waals surface area contributed by atoms with Crippen molar-refractivity contribution in [2.24, 2.45) is 0 Å². The van der Waals surface area contributed by atoms with Crippen molar-refractivity contribution in [2.45, 2.75) is 20.5 Å². The van der Waals surface area contributed by atoms with Crippen molar-refractivity contribution in [3.63, 3.8) is 0 Å². The van der Waals surface area contributed by atoms with E-state index >= 15 is 0 Å². The highest BCUT2D eigenvalue weighted by molar-refractivity contribution is 5.99. The van der Waals surface area contributed by atoms with Gasteiger partial charge in [-0.05, 0) is 49.7 Å². The van der Waals surface area contributed by atoms with Gasteiger partial charge in [-0.25, -0.2) is 9.78 Å². The molecule has 156 valence electrons. The number of hydrogen-bond donors (Lipinski definition) is 2. The van der Waals surface area contributed by atoms with Crippen LogP contribution in [0.2, 0.25) is 0 Å². The summed E-state index contributed by atoms with van der Waals surface area (Å²) < 4.78 is 7.38. The molecule has 7 heteroatoms. The topological polar surface area (TPSA) is 84.7 Å². The fraction of sp³-hybridized carbons (Fsp3) is 0.125. The first-order valence-electron chi connectivity index (χ1n) is 9.83. The smallest absolute Gasteiger partial charge is 0.323 e.